The number of likely N-dealkylation sites (tertiary alicyclic amines) is 1. The molecule has 7 nitrogen and oxygen atoms in total. The first-order chi connectivity index (χ1) is 13.3. The monoisotopic (exact) mass is 422 g/mol. The summed E-state index contributed by atoms with van der Waals surface area (Å²) in [6, 6.07) is 0. The number of thioether (sulfide) groups is 1. The standard InChI is InChI=1S/C19H26N4O3S2/c1-19(2,3)26-18(24)23-7-5-13(6-8-23)16-22-14(12-28-16)11-25-15-9-20-17(27-4)21-10-15/h9-10,12-13H,5-8,11H2,1-4H3. The number of aromatic nitrogens is 3. The molecule has 0 N–H and O–H groups in total. The van der Waals surface area contributed by atoms with E-state index in [1.54, 1.807) is 28.6 Å². The molecule has 0 atom stereocenters. The maximum atomic E-state index is 12.2. The lowest BCUT2D eigenvalue weighted by molar-refractivity contribution is 0.0205. The van der Waals surface area contributed by atoms with Crippen LogP contribution in [0.1, 0.15) is 50.2 Å². The number of nitrogens with zero attached hydrogens (tertiary/aromatic N) is 4. The van der Waals surface area contributed by atoms with Gasteiger partial charge >= 0.3 is 6.09 Å². The normalized spacial score (nSPS) is 15.5. The summed E-state index contributed by atoms with van der Waals surface area (Å²) in [4.78, 5) is 27.1. The fourth-order valence-corrected chi connectivity index (χ4v) is 4.15. The molecule has 1 saturated heterocycles. The van der Waals surface area contributed by atoms with Gasteiger partial charge in [-0.05, 0) is 39.9 Å². The summed E-state index contributed by atoms with van der Waals surface area (Å²) in [5.41, 5.74) is 0.447. The van der Waals surface area contributed by atoms with Crippen molar-refractivity contribution in [3.8, 4) is 5.75 Å². The third-order valence-corrected chi connectivity index (χ3v) is 5.87. The summed E-state index contributed by atoms with van der Waals surface area (Å²) >= 11 is 3.15. The number of carbonyl (C=O) groups excluding carboxylic acids is 1. The van der Waals surface area contributed by atoms with Crippen molar-refractivity contribution in [2.75, 3.05) is 19.3 Å². The zero-order valence-electron chi connectivity index (χ0n) is 16.7. The quantitative estimate of drug-likeness (QED) is 0.524. The van der Waals surface area contributed by atoms with E-state index < -0.39 is 5.60 Å². The Morgan fingerprint density at radius 2 is 1.96 bits per heavy atom. The van der Waals surface area contributed by atoms with Gasteiger partial charge < -0.3 is 14.4 Å². The minimum atomic E-state index is -0.459. The maximum Gasteiger partial charge on any atom is 0.410 e. The Morgan fingerprint density at radius 1 is 1.29 bits per heavy atom. The van der Waals surface area contributed by atoms with E-state index in [1.807, 2.05) is 32.4 Å². The second-order valence-electron chi connectivity index (χ2n) is 7.61. The van der Waals surface area contributed by atoms with Crippen LogP contribution in [0.3, 0.4) is 0 Å². The molecule has 0 bridgehead atoms. The van der Waals surface area contributed by atoms with Gasteiger partial charge in [-0.25, -0.2) is 19.7 Å². The Morgan fingerprint density at radius 3 is 2.57 bits per heavy atom. The van der Waals surface area contributed by atoms with Crippen LogP contribution in [0.2, 0.25) is 0 Å². The predicted octanol–water partition coefficient (Wildman–Crippen LogP) is 4.35. The number of hydrogen-bond acceptors (Lipinski definition) is 8. The Labute approximate surface area is 173 Å². The summed E-state index contributed by atoms with van der Waals surface area (Å²) in [5, 5.41) is 3.87. The first-order valence-corrected chi connectivity index (χ1v) is 11.4. The van der Waals surface area contributed by atoms with Crippen molar-refractivity contribution in [3.63, 3.8) is 0 Å². The van der Waals surface area contributed by atoms with Crippen molar-refractivity contribution in [1.29, 1.82) is 0 Å². The third-order valence-electron chi connectivity index (χ3n) is 4.24. The van der Waals surface area contributed by atoms with Crippen LogP contribution in [0.15, 0.2) is 22.9 Å². The largest absolute Gasteiger partial charge is 0.484 e. The van der Waals surface area contributed by atoms with Gasteiger partial charge in [0.05, 0.1) is 23.1 Å². The summed E-state index contributed by atoms with van der Waals surface area (Å²) in [6.07, 6.45) is 6.87. The first-order valence-electron chi connectivity index (χ1n) is 9.25. The lowest BCUT2D eigenvalue weighted by Gasteiger charge is -2.32. The molecular formula is C19H26N4O3S2. The highest BCUT2D eigenvalue weighted by Gasteiger charge is 2.28. The zero-order valence-corrected chi connectivity index (χ0v) is 18.3. The minimum absolute atomic E-state index is 0.228. The van der Waals surface area contributed by atoms with Crippen LogP contribution in [0.4, 0.5) is 4.79 Å². The van der Waals surface area contributed by atoms with Crippen molar-refractivity contribution in [2.45, 2.75) is 56.9 Å². The highest BCUT2D eigenvalue weighted by Crippen LogP contribution is 2.31. The van der Waals surface area contributed by atoms with Crippen molar-refractivity contribution < 1.29 is 14.3 Å². The SMILES string of the molecule is CSc1ncc(OCc2csc(C3CCN(C(=O)OC(C)(C)C)CC3)n2)cn1. The van der Waals surface area contributed by atoms with E-state index in [4.69, 9.17) is 14.5 Å². The molecule has 2 aromatic rings. The van der Waals surface area contributed by atoms with Gasteiger partial charge in [-0.3, -0.25) is 0 Å². The van der Waals surface area contributed by atoms with Gasteiger partial charge in [-0.2, -0.15) is 0 Å². The first kappa shape index (κ1) is 20.9. The molecule has 2 aromatic heterocycles. The molecule has 0 radical (unpaired) electrons. The molecular weight excluding hydrogens is 396 g/mol. The fraction of sp³-hybridized carbons (Fsp3) is 0.579. The number of hydrogen-bond donors (Lipinski definition) is 0. The van der Waals surface area contributed by atoms with E-state index in [0.717, 1.165) is 28.7 Å². The van der Waals surface area contributed by atoms with Crippen molar-refractivity contribution in [3.05, 3.63) is 28.5 Å². The summed E-state index contributed by atoms with van der Waals surface area (Å²) in [5.74, 6) is 1.01. The van der Waals surface area contributed by atoms with E-state index in [1.165, 1.54) is 11.8 Å². The molecule has 0 saturated carbocycles. The number of piperidine rings is 1. The smallest absolute Gasteiger partial charge is 0.410 e. The van der Waals surface area contributed by atoms with Crippen LogP contribution in [0.5, 0.6) is 5.75 Å². The molecule has 1 amide bonds. The predicted molar refractivity (Wildman–Crippen MR) is 110 cm³/mol. The molecule has 28 heavy (non-hydrogen) atoms. The average molecular weight is 423 g/mol. The number of amides is 1. The van der Waals surface area contributed by atoms with Gasteiger partial charge in [0.1, 0.15) is 12.2 Å². The lowest BCUT2D eigenvalue weighted by atomic mass is 9.98. The van der Waals surface area contributed by atoms with Crippen molar-refractivity contribution in [2.24, 2.45) is 0 Å². The lowest BCUT2D eigenvalue weighted by Crippen LogP contribution is -2.41. The molecule has 0 aromatic carbocycles. The van der Waals surface area contributed by atoms with E-state index in [9.17, 15) is 4.79 Å². The van der Waals surface area contributed by atoms with Crippen LogP contribution in [-0.2, 0) is 11.3 Å². The second-order valence-corrected chi connectivity index (χ2v) is 9.28. The molecule has 0 unspecified atom stereocenters. The summed E-state index contributed by atoms with van der Waals surface area (Å²) < 4.78 is 11.2. The number of rotatable bonds is 5. The molecule has 3 rings (SSSR count). The van der Waals surface area contributed by atoms with Gasteiger partial charge in [0.25, 0.3) is 0 Å². The van der Waals surface area contributed by atoms with Crippen molar-refractivity contribution in [1.82, 2.24) is 19.9 Å². The molecule has 3 heterocycles. The van der Waals surface area contributed by atoms with Crippen LogP contribution in [-0.4, -0.2) is 50.9 Å². The topological polar surface area (TPSA) is 77.4 Å². The van der Waals surface area contributed by atoms with Gasteiger partial charge in [0.2, 0.25) is 0 Å². The van der Waals surface area contributed by atoms with E-state index in [-0.39, 0.29) is 6.09 Å². The van der Waals surface area contributed by atoms with E-state index in [0.29, 0.717) is 31.4 Å². The zero-order chi connectivity index (χ0) is 20.1. The Balaban J connectivity index is 1.48. The summed E-state index contributed by atoms with van der Waals surface area (Å²) in [6.45, 7) is 7.46. The third kappa shape index (κ3) is 5.81. The maximum absolute atomic E-state index is 12.2. The molecule has 9 heteroatoms. The van der Waals surface area contributed by atoms with E-state index in [2.05, 4.69) is 9.97 Å². The molecule has 152 valence electrons. The number of ether oxygens (including phenoxy) is 2. The average Bonchev–Trinajstić information content (AvgIpc) is 3.14. The molecule has 0 aliphatic carbocycles. The van der Waals surface area contributed by atoms with Crippen molar-refractivity contribution >= 4 is 29.2 Å². The van der Waals surface area contributed by atoms with Crippen LogP contribution < -0.4 is 4.74 Å². The second kappa shape index (κ2) is 9.09. The number of thiazole rings is 1. The minimum Gasteiger partial charge on any atom is -0.484 e. The Kier molecular flexibility index (Phi) is 6.77. The summed E-state index contributed by atoms with van der Waals surface area (Å²) in [7, 11) is 0. The highest BCUT2D eigenvalue weighted by atomic mass is 32.2. The van der Waals surface area contributed by atoms with Crippen LogP contribution in [0, 0.1) is 0 Å². The van der Waals surface area contributed by atoms with Gasteiger partial charge in [-0.15, -0.1) is 11.3 Å². The molecule has 1 aliphatic rings. The molecule has 1 fully saturated rings. The van der Waals surface area contributed by atoms with Gasteiger partial charge in [-0.1, -0.05) is 11.8 Å². The van der Waals surface area contributed by atoms with Gasteiger partial charge in [0, 0.05) is 24.4 Å². The van der Waals surface area contributed by atoms with Crippen LogP contribution >= 0.6 is 23.1 Å². The molecule has 1 aliphatic heterocycles. The Bertz CT molecular complexity index is 781. The van der Waals surface area contributed by atoms with Gasteiger partial charge in [0.15, 0.2) is 10.9 Å². The highest BCUT2D eigenvalue weighted by molar-refractivity contribution is 7.98. The fourth-order valence-electron chi connectivity index (χ4n) is 2.85. The van der Waals surface area contributed by atoms with E-state index >= 15 is 0 Å². The number of carbonyl (C=O) groups is 1. The van der Waals surface area contributed by atoms with Crippen LogP contribution in [0.25, 0.3) is 0 Å². The molecule has 0 spiro atoms. The Hall–Kier alpha value is -1.87.